The van der Waals surface area contributed by atoms with Crippen molar-refractivity contribution < 1.29 is 9.59 Å². The molecule has 1 aromatic carbocycles. The van der Waals surface area contributed by atoms with Gasteiger partial charge in [0.05, 0.1) is 5.56 Å². The molecule has 2 amide bonds. The first-order chi connectivity index (χ1) is 12.0. The fourth-order valence-corrected chi connectivity index (χ4v) is 3.76. The summed E-state index contributed by atoms with van der Waals surface area (Å²) in [7, 11) is 0. The summed E-state index contributed by atoms with van der Waals surface area (Å²) in [5.41, 5.74) is 9.41. The Kier molecular flexibility index (Phi) is 7.20. The van der Waals surface area contributed by atoms with Crippen LogP contribution in [-0.2, 0) is 12.8 Å². The van der Waals surface area contributed by atoms with Gasteiger partial charge in [-0.15, -0.1) is 23.7 Å². The van der Waals surface area contributed by atoms with Gasteiger partial charge in [-0.1, -0.05) is 6.07 Å². The zero-order chi connectivity index (χ0) is 17.8. The standard InChI is InChI=1S/C19H23N3O2S.ClH/c1-12(20)7-9-21-18(24)16-8-10-25-19(16)22-17(23)15-6-5-13-3-2-4-14(13)11-15;/h5-6,8,10-12H,2-4,7,9,20H2,1H3,(H,21,24)(H,22,23);1H. The summed E-state index contributed by atoms with van der Waals surface area (Å²) in [6, 6.07) is 7.63. The molecule has 0 fully saturated rings. The lowest BCUT2D eigenvalue weighted by molar-refractivity contribution is 0.0954. The molecule has 0 radical (unpaired) electrons. The second-order valence-electron chi connectivity index (χ2n) is 6.48. The van der Waals surface area contributed by atoms with E-state index in [1.807, 2.05) is 25.1 Å². The molecule has 1 unspecified atom stereocenters. The Morgan fingerprint density at radius 3 is 2.73 bits per heavy atom. The number of aryl methyl sites for hydroxylation is 2. The average Bonchev–Trinajstić information content (AvgIpc) is 3.22. The van der Waals surface area contributed by atoms with Crippen molar-refractivity contribution in [3.8, 4) is 0 Å². The number of fused-ring (bicyclic) bond motifs is 1. The average molecular weight is 394 g/mol. The van der Waals surface area contributed by atoms with Crippen molar-refractivity contribution in [1.82, 2.24) is 5.32 Å². The molecule has 0 aliphatic heterocycles. The van der Waals surface area contributed by atoms with Crippen LogP contribution in [0.2, 0.25) is 0 Å². The van der Waals surface area contributed by atoms with Gasteiger partial charge in [-0.05, 0) is 67.3 Å². The number of rotatable bonds is 6. The molecule has 2 aromatic rings. The molecule has 1 heterocycles. The minimum Gasteiger partial charge on any atom is -0.352 e. The van der Waals surface area contributed by atoms with E-state index in [-0.39, 0.29) is 30.3 Å². The predicted molar refractivity (Wildman–Crippen MR) is 109 cm³/mol. The summed E-state index contributed by atoms with van der Waals surface area (Å²) in [6.07, 6.45) is 3.99. The summed E-state index contributed by atoms with van der Waals surface area (Å²) in [4.78, 5) is 24.8. The van der Waals surface area contributed by atoms with Gasteiger partial charge >= 0.3 is 0 Å². The summed E-state index contributed by atoms with van der Waals surface area (Å²) in [5.74, 6) is -0.368. The molecule has 140 valence electrons. The number of thiophene rings is 1. The molecule has 1 aliphatic carbocycles. The highest BCUT2D eigenvalue weighted by Gasteiger charge is 2.18. The second-order valence-corrected chi connectivity index (χ2v) is 7.39. The number of carbonyl (C=O) groups is 2. The minimum atomic E-state index is -0.189. The Hall–Kier alpha value is -1.89. The number of nitrogens with one attached hydrogen (secondary N) is 2. The Balaban J connectivity index is 0.00000243. The van der Waals surface area contributed by atoms with Gasteiger partial charge in [0.25, 0.3) is 11.8 Å². The van der Waals surface area contributed by atoms with E-state index in [1.54, 1.807) is 11.4 Å². The highest BCUT2D eigenvalue weighted by Crippen LogP contribution is 2.26. The lowest BCUT2D eigenvalue weighted by atomic mass is 10.1. The second kappa shape index (κ2) is 9.16. The molecule has 0 saturated heterocycles. The quantitative estimate of drug-likeness (QED) is 0.703. The van der Waals surface area contributed by atoms with Crippen molar-refractivity contribution in [3.63, 3.8) is 0 Å². The van der Waals surface area contributed by atoms with Crippen LogP contribution in [0.3, 0.4) is 0 Å². The van der Waals surface area contributed by atoms with Crippen molar-refractivity contribution in [2.24, 2.45) is 5.73 Å². The van der Waals surface area contributed by atoms with Gasteiger partial charge < -0.3 is 16.4 Å². The molecule has 0 saturated carbocycles. The van der Waals surface area contributed by atoms with E-state index in [0.717, 1.165) is 19.3 Å². The largest absolute Gasteiger partial charge is 0.352 e. The number of halogens is 1. The van der Waals surface area contributed by atoms with Crippen LogP contribution in [0.25, 0.3) is 0 Å². The van der Waals surface area contributed by atoms with E-state index in [4.69, 9.17) is 5.73 Å². The Labute approximate surface area is 163 Å². The molecule has 0 spiro atoms. The zero-order valence-corrected chi connectivity index (χ0v) is 16.3. The number of hydrogen-bond acceptors (Lipinski definition) is 4. The van der Waals surface area contributed by atoms with Crippen molar-refractivity contribution in [1.29, 1.82) is 0 Å². The normalized spacial score (nSPS) is 13.5. The SMILES string of the molecule is CC(N)CCNC(=O)c1ccsc1NC(=O)c1ccc2c(c1)CCC2.Cl. The van der Waals surface area contributed by atoms with Crippen LogP contribution < -0.4 is 16.4 Å². The lowest BCUT2D eigenvalue weighted by Crippen LogP contribution is -2.29. The van der Waals surface area contributed by atoms with Crippen LogP contribution in [0.4, 0.5) is 5.00 Å². The van der Waals surface area contributed by atoms with Gasteiger partial charge in [-0.25, -0.2) is 0 Å². The van der Waals surface area contributed by atoms with Gasteiger partial charge in [0.1, 0.15) is 5.00 Å². The monoisotopic (exact) mass is 393 g/mol. The van der Waals surface area contributed by atoms with Crippen LogP contribution in [0.5, 0.6) is 0 Å². The first-order valence-corrected chi connectivity index (χ1v) is 9.47. The molecule has 1 atom stereocenters. The fraction of sp³-hybridized carbons (Fsp3) is 0.368. The molecule has 4 N–H and O–H groups in total. The molecule has 5 nitrogen and oxygen atoms in total. The van der Waals surface area contributed by atoms with Gasteiger partial charge in [0.15, 0.2) is 0 Å². The van der Waals surface area contributed by atoms with E-state index in [1.165, 1.54) is 22.5 Å². The van der Waals surface area contributed by atoms with Crippen molar-refractivity contribution in [3.05, 3.63) is 51.9 Å². The van der Waals surface area contributed by atoms with Crippen molar-refractivity contribution in [2.45, 2.75) is 38.6 Å². The Morgan fingerprint density at radius 2 is 1.96 bits per heavy atom. The number of nitrogens with two attached hydrogens (primary N) is 1. The van der Waals surface area contributed by atoms with Gasteiger partial charge in [0, 0.05) is 18.2 Å². The number of amides is 2. The number of hydrogen-bond donors (Lipinski definition) is 3. The third-order valence-corrected chi connectivity index (χ3v) is 5.21. The smallest absolute Gasteiger partial charge is 0.256 e. The van der Waals surface area contributed by atoms with Crippen LogP contribution in [0.15, 0.2) is 29.6 Å². The van der Waals surface area contributed by atoms with Gasteiger partial charge in [-0.3, -0.25) is 9.59 Å². The van der Waals surface area contributed by atoms with Gasteiger partial charge in [-0.2, -0.15) is 0 Å². The summed E-state index contributed by atoms with van der Waals surface area (Å²) < 4.78 is 0. The van der Waals surface area contributed by atoms with E-state index in [0.29, 0.717) is 29.1 Å². The molecule has 7 heteroatoms. The number of anilines is 1. The third kappa shape index (κ3) is 4.84. The summed E-state index contributed by atoms with van der Waals surface area (Å²) in [6.45, 7) is 2.42. The van der Waals surface area contributed by atoms with Crippen LogP contribution in [-0.4, -0.2) is 24.4 Å². The van der Waals surface area contributed by atoms with E-state index < -0.39 is 0 Å². The summed E-state index contributed by atoms with van der Waals surface area (Å²) in [5, 5.41) is 8.09. The molecule has 3 rings (SSSR count). The van der Waals surface area contributed by atoms with Crippen LogP contribution in [0.1, 0.15) is 51.6 Å². The molecule has 1 aliphatic rings. The molecular formula is C19H24ClN3O2S. The maximum atomic E-state index is 12.5. The van der Waals surface area contributed by atoms with E-state index >= 15 is 0 Å². The highest BCUT2D eigenvalue weighted by atomic mass is 35.5. The minimum absolute atomic E-state index is 0. The molecule has 1 aromatic heterocycles. The van der Waals surface area contributed by atoms with Crippen LogP contribution >= 0.6 is 23.7 Å². The topological polar surface area (TPSA) is 84.2 Å². The lowest BCUT2D eigenvalue weighted by Gasteiger charge is -2.09. The first-order valence-electron chi connectivity index (χ1n) is 8.59. The van der Waals surface area contributed by atoms with Crippen LogP contribution in [0, 0.1) is 0 Å². The highest BCUT2D eigenvalue weighted by molar-refractivity contribution is 7.14. The maximum absolute atomic E-state index is 12.5. The molecular weight excluding hydrogens is 370 g/mol. The van der Waals surface area contributed by atoms with Gasteiger partial charge in [0.2, 0.25) is 0 Å². The van der Waals surface area contributed by atoms with E-state index in [9.17, 15) is 9.59 Å². The maximum Gasteiger partial charge on any atom is 0.256 e. The Morgan fingerprint density at radius 1 is 1.19 bits per heavy atom. The van der Waals surface area contributed by atoms with Crippen molar-refractivity contribution in [2.75, 3.05) is 11.9 Å². The number of benzene rings is 1. The van der Waals surface area contributed by atoms with E-state index in [2.05, 4.69) is 10.6 Å². The third-order valence-electron chi connectivity index (χ3n) is 4.38. The predicted octanol–water partition coefficient (Wildman–Crippen LogP) is 3.38. The fourth-order valence-electron chi connectivity index (χ4n) is 2.98. The van der Waals surface area contributed by atoms with Crippen molar-refractivity contribution >= 4 is 40.6 Å². The Bertz CT molecular complexity index is 789. The first kappa shape index (κ1) is 20.4. The number of carbonyl (C=O) groups excluding carboxylic acids is 2. The summed E-state index contributed by atoms with van der Waals surface area (Å²) >= 11 is 1.35. The molecule has 0 bridgehead atoms. The molecule has 26 heavy (non-hydrogen) atoms. The zero-order valence-electron chi connectivity index (χ0n) is 14.7.